The summed E-state index contributed by atoms with van der Waals surface area (Å²) in [5, 5.41) is 2.87. The Kier molecular flexibility index (Phi) is 6.75. The Morgan fingerprint density at radius 3 is 2.59 bits per heavy atom. The molecule has 0 heterocycles. The highest BCUT2D eigenvalue weighted by Crippen LogP contribution is 2.27. The smallest absolute Gasteiger partial charge is 0.338 e. The molecule has 2 aromatic carbocycles. The maximum Gasteiger partial charge on any atom is 0.338 e. The highest BCUT2D eigenvalue weighted by Gasteiger charge is 2.21. The normalized spacial score (nSPS) is 14.0. The van der Waals surface area contributed by atoms with Gasteiger partial charge in [0.25, 0.3) is 5.91 Å². The van der Waals surface area contributed by atoms with Crippen molar-refractivity contribution in [2.24, 2.45) is 0 Å². The van der Waals surface area contributed by atoms with Crippen LogP contribution in [-0.2, 0) is 9.53 Å². The second-order valence-electron chi connectivity index (χ2n) is 7.64. The second-order valence-corrected chi connectivity index (χ2v) is 7.64. The molecule has 1 fully saturated rings. The summed E-state index contributed by atoms with van der Waals surface area (Å²) in [5.41, 5.74) is 8.49. The predicted molar refractivity (Wildman–Crippen MR) is 113 cm³/mol. The second kappa shape index (κ2) is 9.45. The van der Waals surface area contributed by atoms with Gasteiger partial charge < -0.3 is 20.5 Å². The number of nitrogens with two attached hydrogens (primary N) is 1. The number of carbonyl (C=O) groups excluding carboxylic acids is 2. The molecule has 2 aromatic rings. The van der Waals surface area contributed by atoms with E-state index < -0.39 is 5.97 Å². The third kappa shape index (κ3) is 5.50. The average molecular weight is 396 g/mol. The van der Waals surface area contributed by atoms with Gasteiger partial charge in [0.15, 0.2) is 6.61 Å². The third-order valence-electron chi connectivity index (χ3n) is 5.04. The van der Waals surface area contributed by atoms with E-state index in [0.717, 1.165) is 36.9 Å². The van der Waals surface area contributed by atoms with Gasteiger partial charge in [-0.25, -0.2) is 4.79 Å². The number of nitrogens with one attached hydrogen (secondary N) is 1. The van der Waals surface area contributed by atoms with Crippen LogP contribution in [0.15, 0.2) is 42.5 Å². The molecular weight excluding hydrogens is 368 g/mol. The Hall–Kier alpha value is -3.02. The molecule has 0 spiro atoms. The largest absolute Gasteiger partial charge is 0.482 e. The zero-order valence-electron chi connectivity index (χ0n) is 16.9. The number of ether oxygens (including phenoxy) is 2. The molecule has 6 nitrogen and oxygen atoms in total. The van der Waals surface area contributed by atoms with Crippen molar-refractivity contribution in [3.8, 4) is 5.75 Å². The van der Waals surface area contributed by atoms with E-state index in [4.69, 9.17) is 15.2 Å². The van der Waals surface area contributed by atoms with Crippen molar-refractivity contribution in [3.63, 3.8) is 0 Å². The first-order valence-corrected chi connectivity index (χ1v) is 10.1. The maximum absolute atomic E-state index is 12.4. The lowest BCUT2D eigenvalue weighted by molar-refractivity contribution is -0.118. The summed E-state index contributed by atoms with van der Waals surface area (Å²) < 4.78 is 11.1. The molecule has 0 saturated heterocycles. The summed E-state index contributed by atoms with van der Waals surface area (Å²) in [6.07, 6.45) is 3.97. The van der Waals surface area contributed by atoms with E-state index >= 15 is 0 Å². The molecule has 6 heteroatoms. The third-order valence-corrected chi connectivity index (χ3v) is 5.04. The van der Waals surface area contributed by atoms with Crippen molar-refractivity contribution in [3.05, 3.63) is 53.6 Å². The van der Waals surface area contributed by atoms with E-state index in [9.17, 15) is 9.59 Å². The van der Waals surface area contributed by atoms with Gasteiger partial charge in [0, 0.05) is 5.69 Å². The highest BCUT2D eigenvalue weighted by molar-refractivity contribution is 5.93. The van der Waals surface area contributed by atoms with Gasteiger partial charge in [-0.2, -0.15) is 0 Å². The number of nitrogen functional groups attached to an aromatic ring is 1. The van der Waals surface area contributed by atoms with Crippen LogP contribution >= 0.6 is 0 Å². The first-order valence-electron chi connectivity index (χ1n) is 10.1. The fraction of sp³-hybridized carbons (Fsp3) is 0.391. The quantitative estimate of drug-likeness (QED) is 0.531. The topological polar surface area (TPSA) is 90.6 Å². The van der Waals surface area contributed by atoms with Crippen LogP contribution in [0.1, 0.15) is 61.4 Å². The summed E-state index contributed by atoms with van der Waals surface area (Å²) >= 11 is 0. The van der Waals surface area contributed by atoms with Crippen molar-refractivity contribution >= 4 is 23.3 Å². The molecule has 1 aliphatic carbocycles. The van der Waals surface area contributed by atoms with Gasteiger partial charge in [0.2, 0.25) is 0 Å². The van der Waals surface area contributed by atoms with E-state index in [1.807, 2.05) is 24.3 Å². The number of rotatable bonds is 7. The average Bonchev–Trinajstić information content (AvgIpc) is 3.20. The highest BCUT2D eigenvalue weighted by atomic mass is 16.5. The van der Waals surface area contributed by atoms with Gasteiger partial charge >= 0.3 is 5.97 Å². The molecule has 3 N–H and O–H groups in total. The molecule has 0 bridgehead atoms. The molecule has 29 heavy (non-hydrogen) atoms. The number of hydrogen-bond acceptors (Lipinski definition) is 5. The molecule has 0 atom stereocenters. The Morgan fingerprint density at radius 2 is 1.86 bits per heavy atom. The number of carbonyl (C=O) groups is 2. The van der Waals surface area contributed by atoms with Crippen LogP contribution < -0.4 is 15.8 Å². The Labute approximate surface area is 171 Å². The van der Waals surface area contributed by atoms with Crippen molar-refractivity contribution in [1.29, 1.82) is 0 Å². The first-order chi connectivity index (χ1) is 13.9. The van der Waals surface area contributed by atoms with Gasteiger partial charge in [-0.3, -0.25) is 4.79 Å². The Bertz CT molecular complexity index is 873. The molecule has 1 aliphatic rings. The number of para-hydroxylation sites is 1. The fourth-order valence-electron chi connectivity index (χ4n) is 3.46. The molecule has 154 valence electrons. The summed E-state index contributed by atoms with van der Waals surface area (Å²) in [7, 11) is 0. The van der Waals surface area contributed by atoms with Crippen LogP contribution in [0.25, 0.3) is 0 Å². The Morgan fingerprint density at radius 1 is 1.14 bits per heavy atom. The fourth-order valence-corrected chi connectivity index (χ4v) is 3.46. The van der Waals surface area contributed by atoms with E-state index in [-0.39, 0.29) is 30.3 Å². The van der Waals surface area contributed by atoms with Gasteiger partial charge in [-0.1, -0.05) is 32.0 Å². The van der Waals surface area contributed by atoms with E-state index in [0.29, 0.717) is 11.3 Å². The van der Waals surface area contributed by atoms with Crippen LogP contribution in [0.5, 0.6) is 5.75 Å². The summed E-state index contributed by atoms with van der Waals surface area (Å²) in [4.78, 5) is 24.7. The molecule has 0 radical (unpaired) electrons. The number of hydrogen-bond donors (Lipinski definition) is 2. The lowest BCUT2D eigenvalue weighted by Gasteiger charge is -2.15. The molecular formula is C23H28N2O4. The molecule has 0 aliphatic heterocycles. The van der Waals surface area contributed by atoms with Crippen LogP contribution in [0, 0.1) is 0 Å². The molecule has 0 aromatic heterocycles. The monoisotopic (exact) mass is 396 g/mol. The van der Waals surface area contributed by atoms with Crippen LogP contribution in [0.3, 0.4) is 0 Å². The molecule has 0 unspecified atom stereocenters. The van der Waals surface area contributed by atoms with Crippen molar-refractivity contribution in [2.75, 3.05) is 17.7 Å². The van der Waals surface area contributed by atoms with Crippen molar-refractivity contribution < 1.29 is 19.1 Å². The zero-order valence-corrected chi connectivity index (χ0v) is 16.9. The van der Waals surface area contributed by atoms with Crippen LogP contribution in [-0.4, -0.2) is 24.6 Å². The minimum atomic E-state index is -0.392. The minimum Gasteiger partial charge on any atom is -0.482 e. The lowest BCUT2D eigenvalue weighted by Crippen LogP contribution is -2.21. The van der Waals surface area contributed by atoms with Crippen molar-refractivity contribution in [1.82, 2.24) is 0 Å². The van der Waals surface area contributed by atoms with Crippen LogP contribution in [0.4, 0.5) is 11.4 Å². The van der Waals surface area contributed by atoms with Crippen molar-refractivity contribution in [2.45, 2.75) is 51.6 Å². The maximum atomic E-state index is 12.4. The number of anilines is 2. The standard InChI is InChI=1S/C23H28N2O4/c1-15(2)18-9-5-6-10-20(18)25-22(26)14-28-21-13-16(11-12-19(21)24)23(27)29-17-7-3-4-8-17/h5-6,9-13,15,17H,3-4,7-8,14,24H2,1-2H3,(H,25,26). The number of amides is 1. The van der Waals surface area contributed by atoms with Gasteiger partial charge in [0.05, 0.1) is 11.3 Å². The summed E-state index contributed by atoms with van der Waals surface area (Å²) in [6.45, 7) is 3.93. The van der Waals surface area contributed by atoms with E-state index in [2.05, 4.69) is 19.2 Å². The van der Waals surface area contributed by atoms with Crippen LogP contribution in [0.2, 0.25) is 0 Å². The summed E-state index contributed by atoms with van der Waals surface area (Å²) in [6, 6.07) is 12.4. The summed E-state index contributed by atoms with van der Waals surface area (Å²) in [5.74, 6) is -0.114. The van der Waals surface area contributed by atoms with E-state index in [1.54, 1.807) is 12.1 Å². The lowest BCUT2D eigenvalue weighted by atomic mass is 10.0. The molecule has 1 saturated carbocycles. The van der Waals surface area contributed by atoms with Gasteiger partial charge in [0.1, 0.15) is 11.9 Å². The minimum absolute atomic E-state index is 0.0174. The predicted octanol–water partition coefficient (Wildman–Crippen LogP) is 4.51. The Balaban J connectivity index is 1.61. The SMILES string of the molecule is CC(C)c1ccccc1NC(=O)COc1cc(C(=O)OC2CCCC2)ccc1N. The van der Waals surface area contributed by atoms with Gasteiger partial charge in [-0.15, -0.1) is 0 Å². The number of esters is 1. The van der Waals surface area contributed by atoms with E-state index in [1.165, 1.54) is 6.07 Å². The first kappa shape index (κ1) is 20.7. The van der Waals surface area contributed by atoms with Gasteiger partial charge in [-0.05, 0) is 61.4 Å². The molecule has 3 rings (SSSR count). The molecule has 1 amide bonds. The number of benzene rings is 2. The zero-order chi connectivity index (χ0) is 20.8.